The molecule has 4 rings (SSSR count). The number of aryl methyl sites for hydroxylation is 1. The fourth-order valence-electron chi connectivity index (χ4n) is 3.31. The zero-order valence-corrected chi connectivity index (χ0v) is 15.1. The molecule has 1 aliphatic heterocycles. The Bertz CT molecular complexity index is 836. The molecular formula is C20H24N6. The summed E-state index contributed by atoms with van der Waals surface area (Å²) in [4.78, 5) is 13.7. The molecule has 0 saturated carbocycles. The number of aromatic nitrogens is 4. The average molecular weight is 348 g/mol. The Labute approximate surface area is 154 Å². The van der Waals surface area contributed by atoms with Crippen molar-refractivity contribution >= 4 is 5.82 Å². The van der Waals surface area contributed by atoms with Gasteiger partial charge in [-0.25, -0.2) is 14.6 Å². The maximum absolute atomic E-state index is 4.47. The molecule has 0 N–H and O–H groups in total. The topological polar surface area (TPSA) is 50.1 Å². The van der Waals surface area contributed by atoms with Crippen molar-refractivity contribution in [2.45, 2.75) is 13.3 Å². The van der Waals surface area contributed by atoms with Crippen LogP contribution in [0.15, 0.2) is 55.0 Å². The Balaban J connectivity index is 1.34. The highest BCUT2D eigenvalue weighted by Gasteiger charge is 2.18. The summed E-state index contributed by atoms with van der Waals surface area (Å²) in [6, 6.07) is 14.7. The van der Waals surface area contributed by atoms with Crippen molar-refractivity contribution in [3.63, 3.8) is 0 Å². The van der Waals surface area contributed by atoms with Crippen molar-refractivity contribution in [3.05, 3.63) is 66.2 Å². The van der Waals surface area contributed by atoms with E-state index in [0.717, 1.165) is 56.5 Å². The Morgan fingerprint density at radius 1 is 0.923 bits per heavy atom. The number of benzene rings is 1. The molecular weight excluding hydrogens is 324 g/mol. The van der Waals surface area contributed by atoms with Crippen molar-refractivity contribution in [1.29, 1.82) is 0 Å². The van der Waals surface area contributed by atoms with Crippen LogP contribution in [0.4, 0.5) is 5.82 Å². The van der Waals surface area contributed by atoms with Crippen LogP contribution in [0.25, 0.3) is 5.82 Å². The van der Waals surface area contributed by atoms with Gasteiger partial charge in [-0.1, -0.05) is 30.3 Å². The standard InChI is InChI=1S/C20H24N6/c1-17-7-10-26(23-17)20-15-19(21-16-22-20)25-13-11-24(12-14-25)9-8-18-5-3-2-4-6-18/h2-7,10,15-16H,8-9,11-14H2,1H3. The normalized spacial score (nSPS) is 15.3. The molecule has 2 aromatic heterocycles. The molecule has 1 fully saturated rings. The second-order valence-electron chi connectivity index (χ2n) is 6.70. The summed E-state index contributed by atoms with van der Waals surface area (Å²) in [7, 11) is 0. The molecule has 3 aromatic rings. The predicted molar refractivity (Wildman–Crippen MR) is 103 cm³/mol. The quantitative estimate of drug-likeness (QED) is 0.708. The highest BCUT2D eigenvalue weighted by molar-refractivity contribution is 5.43. The second kappa shape index (κ2) is 7.66. The SMILES string of the molecule is Cc1ccn(-c2cc(N3CCN(CCc4ccccc4)CC3)ncn2)n1. The molecule has 0 unspecified atom stereocenters. The molecule has 0 atom stereocenters. The molecule has 6 heteroatoms. The van der Waals surface area contributed by atoms with Crippen molar-refractivity contribution in [2.75, 3.05) is 37.6 Å². The third-order valence-electron chi connectivity index (χ3n) is 4.85. The van der Waals surface area contributed by atoms with Gasteiger partial charge in [0.25, 0.3) is 0 Å². The fraction of sp³-hybridized carbons (Fsp3) is 0.350. The predicted octanol–water partition coefficient (Wildman–Crippen LogP) is 2.34. The van der Waals surface area contributed by atoms with Crippen LogP contribution in [0.5, 0.6) is 0 Å². The zero-order chi connectivity index (χ0) is 17.8. The molecule has 0 aliphatic carbocycles. The molecule has 1 saturated heterocycles. The van der Waals surface area contributed by atoms with Crippen LogP contribution in [0.3, 0.4) is 0 Å². The number of piperazine rings is 1. The van der Waals surface area contributed by atoms with Gasteiger partial charge in [-0.15, -0.1) is 0 Å². The van der Waals surface area contributed by atoms with Gasteiger partial charge in [0.15, 0.2) is 5.82 Å². The zero-order valence-electron chi connectivity index (χ0n) is 15.1. The lowest BCUT2D eigenvalue weighted by atomic mass is 10.1. The molecule has 6 nitrogen and oxygen atoms in total. The van der Waals surface area contributed by atoms with Gasteiger partial charge >= 0.3 is 0 Å². The molecule has 26 heavy (non-hydrogen) atoms. The summed E-state index contributed by atoms with van der Waals surface area (Å²) in [5.74, 6) is 1.79. The first kappa shape index (κ1) is 16.7. The van der Waals surface area contributed by atoms with E-state index in [1.807, 2.05) is 25.3 Å². The number of rotatable bonds is 5. The van der Waals surface area contributed by atoms with Gasteiger partial charge in [-0.05, 0) is 25.0 Å². The van der Waals surface area contributed by atoms with E-state index in [4.69, 9.17) is 0 Å². The van der Waals surface area contributed by atoms with Crippen molar-refractivity contribution in [3.8, 4) is 5.82 Å². The fourth-order valence-corrected chi connectivity index (χ4v) is 3.31. The number of hydrogen-bond acceptors (Lipinski definition) is 5. The van der Waals surface area contributed by atoms with Crippen LogP contribution >= 0.6 is 0 Å². The van der Waals surface area contributed by atoms with Crippen LogP contribution in [-0.4, -0.2) is 57.4 Å². The van der Waals surface area contributed by atoms with Crippen LogP contribution < -0.4 is 4.90 Å². The first-order chi connectivity index (χ1) is 12.8. The highest BCUT2D eigenvalue weighted by Crippen LogP contribution is 2.16. The molecule has 1 aromatic carbocycles. The number of hydrogen-bond donors (Lipinski definition) is 0. The first-order valence-corrected chi connectivity index (χ1v) is 9.14. The van der Waals surface area contributed by atoms with Crippen molar-refractivity contribution in [2.24, 2.45) is 0 Å². The van der Waals surface area contributed by atoms with Crippen LogP contribution in [0.2, 0.25) is 0 Å². The van der Waals surface area contributed by atoms with Gasteiger partial charge in [-0.3, -0.25) is 4.90 Å². The van der Waals surface area contributed by atoms with E-state index in [9.17, 15) is 0 Å². The van der Waals surface area contributed by atoms with Gasteiger partial charge in [-0.2, -0.15) is 5.10 Å². The van der Waals surface area contributed by atoms with Crippen molar-refractivity contribution in [1.82, 2.24) is 24.6 Å². The summed E-state index contributed by atoms with van der Waals surface area (Å²) in [5.41, 5.74) is 2.39. The maximum Gasteiger partial charge on any atom is 0.158 e. The lowest BCUT2D eigenvalue weighted by Crippen LogP contribution is -2.47. The van der Waals surface area contributed by atoms with Gasteiger partial charge in [0.05, 0.1) is 5.69 Å². The second-order valence-corrected chi connectivity index (χ2v) is 6.70. The Morgan fingerprint density at radius 3 is 2.42 bits per heavy atom. The third-order valence-corrected chi connectivity index (χ3v) is 4.85. The molecule has 1 aliphatic rings. The molecule has 0 spiro atoms. The Morgan fingerprint density at radius 2 is 1.69 bits per heavy atom. The molecule has 0 radical (unpaired) electrons. The molecule has 0 amide bonds. The molecule has 134 valence electrons. The van der Waals surface area contributed by atoms with Crippen LogP contribution in [0.1, 0.15) is 11.3 Å². The minimum atomic E-state index is 0.814. The van der Waals surface area contributed by atoms with E-state index in [1.54, 1.807) is 11.0 Å². The summed E-state index contributed by atoms with van der Waals surface area (Å²) in [6.45, 7) is 7.19. The summed E-state index contributed by atoms with van der Waals surface area (Å²) < 4.78 is 1.80. The van der Waals surface area contributed by atoms with E-state index in [0.29, 0.717) is 0 Å². The number of nitrogens with zero attached hydrogens (tertiary/aromatic N) is 6. The summed E-state index contributed by atoms with van der Waals surface area (Å²) >= 11 is 0. The monoisotopic (exact) mass is 348 g/mol. The van der Waals surface area contributed by atoms with Crippen LogP contribution in [0, 0.1) is 6.92 Å². The van der Waals surface area contributed by atoms with E-state index < -0.39 is 0 Å². The number of anilines is 1. The molecule has 0 bridgehead atoms. The third kappa shape index (κ3) is 3.91. The Hall–Kier alpha value is -2.73. The van der Waals surface area contributed by atoms with Crippen molar-refractivity contribution < 1.29 is 0 Å². The van der Waals surface area contributed by atoms with Gasteiger partial charge in [0.1, 0.15) is 12.1 Å². The molecule has 3 heterocycles. The minimum absolute atomic E-state index is 0.814. The summed E-state index contributed by atoms with van der Waals surface area (Å²) in [5, 5.41) is 4.43. The average Bonchev–Trinajstić information content (AvgIpc) is 3.14. The smallest absolute Gasteiger partial charge is 0.158 e. The lowest BCUT2D eigenvalue weighted by molar-refractivity contribution is 0.260. The first-order valence-electron chi connectivity index (χ1n) is 9.14. The van der Waals surface area contributed by atoms with Crippen LogP contribution in [-0.2, 0) is 6.42 Å². The largest absolute Gasteiger partial charge is 0.354 e. The van der Waals surface area contributed by atoms with Gasteiger partial charge < -0.3 is 4.90 Å². The Kier molecular flexibility index (Phi) is 4.93. The van der Waals surface area contributed by atoms with Gasteiger partial charge in [0.2, 0.25) is 0 Å². The van der Waals surface area contributed by atoms with E-state index in [2.05, 4.69) is 55.2 Å². The minimum Gasteiger partial charge on any atom is -0.354 e. The van der Waals surface area contributed by atoms with Gasteiger partial charge in [0, 0.05) is 45.0 Å². The summed E-state index contributed by atoms with van der Waals surface area (Å²) in [6.07, 6.45) is 4.67. The lowest BCUT2D eigenvalue weighted by Gasteiger charge is -2.35. The van der Waals surface area contributed by atoms with E-state index in [-0.39, 0.29) is 0 Å². The maximum atomic E-state index is 4.47. The highest BCUT2D eigenvalue weighted by atomic mass is 15.3. The van der Waals surface area contributed by atoms with E-state index in [1.165, 1.54) is 5.56 Å². The van der Waals surface area contributed by atoms with E-state index >= 15 is 0 Å².